The predicted octanol–water partition coefficient (Wildman–Crippen LogP) is 17.4. The molecule has 5 heterocycles. The minimum atomic E-state index is -0.242. The molecule has 13 rings (SSSR count). The van der Waals surface area contributed by atoms with E-state index in [1.807, 2.05) is 0 Å². The Hall–Kier alpha value is -7.50. The maximum Gasteiger partial charge on any atom is 0.337 e. The van der Waals surface area contributed by atoms with Crippen LogP contribution in [0.3, 0.4) is 0 Å². The number of hydrogen-bond donors (Lipinski definition) is 0. The first-order chi connectivity index (χ1) is 34.8. The standard InChI is InChI=1S/C68H64BN3O/c1-65(2,3)43-28-31-48(32-29-43)71-58-38-46(68(10,11)12)35-52-54-37-45(67(7,8)9)36-53-51-39-56-50(49-34-44(66(4,5)6)30-33-55(49)70(56)47-26-20-15-21-27-47)40-57(51)72(62(53)54)69(60(52)58)61-59(41-22-16-13-17-23-41)63(73-64(61)71)42-24-18-14-19-25-42/h13-40H,1-12H3. The molecule has 5 heteroatoms. The molecule has 0 aliphatic carbocycles. The molecule has 0 radical (unpaired) electrons. The molecular formula is C68H64BN3O. The van der Waals surface area contributed by atoms with Crippen molar-refractivity contribution in [1.82, 2.24) is 9.05 Å². The third-order valence-electron chi connectivity index (χ3n) is 16.1. The largest absolute Gasteiger partial charge is 0.440 e. The van der Waals surface area contributed by atoms with E-state index in [0.717, 1.165) is 45.4 Å². The van der Waals surface area contributed by atoms with Gasteiger partial charge in [0, 0.05) is 71.8 Å². The van der Waals surface area contributed by atoms with Gasteiger partial charge in [-0.15, -0.1) is 0 Å². The van der Waals surface area contributed by atoms with Crippen molar-refractivity contribution in [3.8, 4) is 39.3 Å². The quantitative estimate of drug-likeness (QED) is 0.164. The van der Waals surface area contributed by atoms with E-state index in [2.05, 4.69) is 267 Å². The first-order valence-corrected chi connectivity index (χ1v) is 26.3. The van der Waals surface area contributed by atoms with Gasteiger partial charge in [0.05, 0.1) is 11.0 Å². The zero-order valence-corrected chi connectivity index (χ0v) is 44.5. The van der Waals surface area contributed by atoms with Crippen molar-refractivity contribution in [3.63, 3.8) is 0 Å². The third kappa shape index (κ3) is 6.87. The van der Waals surface area contributed by atoms with Gasteiger partial charge >= 0.3 is 6.85 Å². The predicted molar refractivity (Wildman–Crippen MR) is 312 cm³/mol. The second-order valence-corrected chi connectivity index (χ2v) is 25.1. The normalized spacial score (nSPS) is 13.7. The van der Waals surface area contributed by atoms with Gasteiger partial charge in [-0.05, 0) is 127 Å². The van der Waals surface area contributed by atoms with Crippen LogP contribution in [0.5, 0.6) is 0 Å². The molecular weight excluding hydrogens is 886 g/mol. The summed E-state index contributed by atoms with van der Waals surface area (Å²) in [5.74, 6) is 1.74. The lowest BCUT2D eigenvalue weighted by Gasteiger charge is -2.40. The molecule has 0 saturated heterocycles. The van der Waals surface area contributed by atoms with Crippen molar-refractivity contribution in [2.45, 2.75) is 105 Å². The number of para-hydroxylation sites is 1. The molecule has 73 heavy (non-hydrogen) atoms. The van der Waals surface area contributed by atoms with Crippen LogP contribution in [-0.4, -0.2) is 15.9 Å². The number of benzene rings is 8. The molecule has 0 bridgehead atoms. The van der Waals surface area contributed by atoms with Gasteiger partial charge in [0.1, 0.15) is 5.76 Å². The van der Waals surface area contributed by atoms with Crippen molar-refractivity contribution < 1.29 is 4.42 Å². The number of aromatic nitrogens is 2. The Labute approximate surface area is 431 Å². The highest BCUT2D eigenvalue weighted by molar-refractivity contribution is 6.91. The Morgan fingerprint density at radius 2 is 0.918 bits per heavy atom. The summed E-state index contributed by atoms with van der Waals surface area (Å²) in [6.07, 6.45) is 0. The van der Waals surface area contributed by atoms with Crippen LogP contribution in [-0.2, 0) is 21.7 Å². The average molecular weight is 950 g/mol. The molecule has 2 aliphatic rings. The Kier molecular flexibility index (Phi) is 9.64. The van der Waals surface area contributed by atoms with Crippen LogP contribution in [0, 0.1) is 0 Å². The van der Waals surface area contributed by atoms with Crippen molar-refractivity contribution in [2.75, 3.05) is 4.90 Å². The maximum absolute atomic E-state index is 7.69. The lowest BCUT2D eigenvalue weighted by Crippen LogP contribution is -2.56. The monoisotopic (exact) mass is 950 g/mol. The Bertz CT molecular complexity index is 4030. The molecule has 11 aromatic rings. The maximum atomic E-state index is 7.69. The van der Waals surface area contributed by atoms with Crippen LogP contribution >= 0.6 is 0 Å². The minimum absolute atomic E-state index is 0.00388. The van der Waals surface area contributed by atoms with Crippen LogP contribution in [0.2, 0.25) is 0 Å². The van der Waals surface area contributed by atoms with Crippen molar-refractivity contribution in [2.24, 2.45) is 0 Å². The number of hydrogen-bond acceptors (Lipinski definition) is 2. The highest BCUT2D eigenvalue weighted by Crippen LogP contribution is 2.52. The Morgan fingerprint density at radius 3 is 1.55 bits per heavy atom. The van der Waals surface area contributed by atoms with E-state index in [1.165, 1.54) is 87.9 Å². The van der Waals surface area contributed by atoms with E-state index in [9.17, 15) is 0 Å². The molecule has 2 aliphatic heterocycles. The lowest BCUT2D eigenvalue weighted by atomic mass is 9.44. The van der Waals surface area contributed by atoms with Gasteiger partial charge < -0.3 is 13.5 Å². The molecule has 0 unspecified atom stereocenters. The zero-order valence-electron chi connectivity index (χ0n) is 44.5. The molecule has 0 atom stereocenters. The van der Waals surface area contributed by atoms with Crippen LogP contribution in [0.1, 0.15) is 105 Å². The van der Waals surface area contributed by atoms with Gasteiger partial charge in [-0.3, -0.25) is 4.90 Å². The summed E-state index contributed by atoms with van der Waals surface area (Å²) in [6.45, 7) is 27.8. The average Bonchev–Trinajstić information content (AvgIpc) is 4.02. The molecule has 3 aromatic heterocycles. The molecule has 0 saturated carbocycles. The van der Waals surface area contributed by atoms with Gasteiger partial charge in [-0.2, -0.15) is 0 Å². The molecule has 0 spiro atoms. The van der Waals surface area contributed by atoms with Gasteiger partial charge in [0.15, 0.2) is 0 Å². The van der Waals surface area contributed by atoms with E-state index in [1.54, 1.807) is 0 Å². The van der Waals surface area contributed by atoms with E-state index in [4.69, 9.17) is 4.42 Å². The second-order valence-electron chi connectivity index (χ2n) is 25.1. The fourth-order valence-corrected chi connectivity index (χ4v) is 12.1. The summed E-state index contributed by atoms with van der Waals surface area (Å²) in [4.78, 5) is 2.46. The summed E-state index contributed by atoms with van der Waals surface area (Å²) in [5, 5.41) is 5.05. The van der Waals surface area contributed by atoms with E-state index in [0.29, 0.717) is 0 Å². The Balaban J connectivity index is 1.25. The fraction of sp³-hybridized carbons (Fsp3) is 0.235. The number of furan rings is 1. The molecule has 8 aromatic carbocycles. The number of nitrogens with zero attached hydrogens (tertiary/aromatic N) is 3. The summed E-state index contributed by atoms with van der Waals surface area (Å²) < 4.78 is 12.9. The Morgan fingerprint density at radius 1 is 0.397 bits per heavy atom. The van der Waals surface area contributed by atoms with E-state index < -0.39 is 0 Å². The van der Waals surface area contributed by atoms with E-state index in [-0.39, 0.29) is 28.5 Å². The fourth-order valence-electron chi connectivity index (χ4n) is 12.1. The highest BCUT2D eigenvalue weighted by atomic mass is 16.4. The third-order valence-corrected chi connectivity index (χ3v) is 16.1. The summed E-state index contributed by atoms with van der Waals surface area (Å²) in [5.41, 5.74) is 21.6. The van der Waals surface area contributed by atoms with Gasteiger partial charge in [0.25, 0.3) is 0 Å². The van der Waals surface area contributed by atoms with Gasteiger partial charge in [0.2, 0.25) is 5.88 Å². The lowest BCUT2D eigenvalue weighted by molar-refractivity contribution is 0.584. The van der Waals surface area contributed by atoms with Crippen molar-refractivity contribution in [3.05, 3.63) is 192 Å². The molecule has 0 N–H and O–H groups in total. The van der Waals surface area contributed by atoms with Gasteiger partial charge in [-0.25, -0.2) is 0 Å². The number of fused-ring (bicyclic) bond motifs is 10. The van der Waals surface area contributed by atoms with Crippen LogP contribution < -0.4 is 15.8 Å². The molecule has 360 valence electrons. The van der Waals surface area contributed by atoms with Crippen LogP contribution in [0.15, 0.2) is 174 Å². The van der Waals surface area contributed by atoms with E-state index >= 15 is 0 Å². The molecule has 0 amide bonds. The summed E-state index contributed by atoms with van der Waals surface area (Å²) in [7, 11) is 0. The summed E-state index contributed by atoms with van der Waals surface area (Å²) >= 11 is 0. The first kappa shape index (κ1) is 45.4. The smallest absolute Gasteiger partial charge is 0.337 e. The number of rotatable bonds is 4. The van der Waals surface area contributed by atoms with Crippen molar-refractivity contribution >= 4 is 78.6 Å². The van der Waals surface area contributed by atoms with Crippen LogP contribution in [0.25, 0.3) is 82.9 Å². The summed E-state index contributed by atoms with van der Waals surface area (Å²) in [6, 6.07) is 64.3. The molecule has 4 nitrogen and oxygen atoms in total. The number of anilines is 3. The second kappa shape index (κ2) is 15.5. The molecule has 0 fully saturated rings. The zero-order chi connectivity index (χ0) is 50.7. The van der Waals surface area contributed by atoms with Crippen molar-refractivity contribution in [1.29, 1.82) is 0 Å². The topological polar surface area (TPSA) is 26.2 Å². The minimum Gasteiger partial charge on any atom is -0.440 e. The van der Waals surface area contributed by atoms with Gasteiger partial charge in [-0.1, -0.05) is 186 Å². The SMILES string of the molecule is CC(C)(C)c1ccc(N2c3cc(C(C)(C)C)cc4c3B(c3c2oc(-c2ccccc2)c3-c2ccccc2)n2c3cc5c6cc(C(C)(C)C)ccc6n(-c6ccccc6)c5cc3c3cc(C(C)(C)C)cc-4c32)cc1. The van der Waals surface area contributed by atoms with Crippen LogP contribution in [0.4, 0.5) is 17.3 Å². The highest BCUT2D eigenvalue weighted by Gasteiger charge is 2.48. The first-order valence-electron chi connectivity index (χ1n) is 26.3.